The molecule has 9 heteroatoms. The highest BCUT2D eigenvalue weighted by atomic mass is 31.2. The van der Waals surface area contributed by atoms with Crippen LogP contribution in [0.5, 0.6) is 0 Å². The van der Waals surface area contributed by atoms with Gasteiger partial charge in [0, 0.05) is 32.1 Å². The summed E-state index contributed by atoms with van der Waals surface area (Å²) in [5.74, 6) is 1.84. The van der Waals surface area contributed by atoms with Crippen LogP contribution in [0.4, 0.5) is 23.1 Å². The molecule has 1 saturated heterocycles. The van der Waals surface area contributed by atoms with Crippen LogP contribution >= 0.6 is 7.37 Å². The Morgan fingerprint density at radius 1 is 1.29 bits per heavy atom. The van der Waals surface area contributed by atoms with E-state index in [9.17, 15) is 9.36 Å². The van der Waals surface area contributed by atoms with Gasteiger partial charge in [-0.3, -0.25) is 9.36 Å². The number of rotatable bonds is 6. The highest BCUT2D eigenvalue weighted by Gasteiger charge is 2.32. The number of likely N-dealkylation sites (N-methyl/N-ethyl adjacent to an activating group) is 1. The Morgan fingerprint density at radius 2 is 2.03 bits per heavy atom. The lowest BCUT2D eigenvalue weighted by Gasteiger charge is -2.34. The Kier molecular flexibility index (Phi) is 6.04. The number of amides is 1. The molecule has 3 heterocycles. The van der Waals surface area contributed by atoms with Gasteiger partial charge >= 0.3 is 0 Å². The molecule has 1 amide bonds. The first-order valence-electron chi connectivity index (χ1n) is 10.7. The van der Waals surface area contributed by atoms with Crippen molar-refractivity contribution in [1.82, 2.24) is 9.97 Å². The van der Waals surface area contributed by atoms with Crippen molar-refractivity contribution in [2.45, 2.75) is 32.8 Å². The van der Waals surface area contributed by atoms with Crippen molar-refractivity contribution >= 4 is 36.4 Å². The third-order valence-electron chi connectivity index (χ3n) is 5.77. The molecule has 4 rings (SSSR count). The zero-order valence-electron chi connectivity index (χ0n) is 18.5. The van der Waals surface area contributed by atoms with E-state index in [0.29, 0.717) is 24.6 Å². The van der Waals surface area contributed by atoms with Crippen molar-refractivity contribution in [2.75, 3.05) is 48.1 Å². The third-order valence-corrected chi connectivity index (χ3v) is 7.54. The molecule has 1 aromatic heterocycles. The maximum atomic E-state index is 12.4. The monoisotopic (exact) mass is 443 g/mol. The number of hydrogen-bond donors (Lipinski definition) is 1. The summed E-state index contributed by atoms with van der Waals surface area (Å²) in [5, 5.41) is 3.25. The van der Waals surface area contributed by atoms with Crippen molar-refractivity contribution in [3.8, 4) is 0 Å². The predicted molar refractivity (Wildman–Crippen MR) is 124 cm³/mol. The number of nitrogens with zero attached hydrogens (tertiary/aromatic N) is 4. The van der Waals surface area contributed by atoms with Crippen LogP contribution in [0.1, 0.15) is 38.4 Å². The lowest BCUT2D eigenvalue weighted by molar-refractivity contribution is -0.117. The van der Waals surface area contributed by atoms with E-state index >= 15 is 0 Å². The molecule has 2 unspecified atom stereocenters. The molecule has 0 radical (unpaired) electrons. The van der Waals surface area contributed by atoms with Crippen molar-refractivity contribution in [3.63, 3.8) is 0 Å². The smallest absolute Gasteiger partial charge is 0.246 e. The normalized spacial score (nSPS) is 23.4. The third kappa shape index (κ3) is 4.91. The number of aromatic nitrogens is 2. The molecule has 1 aromatic carbocycles. The lowest BCUT2D eigenvalue weighted by atomic mass is 10.1. The second kappa shape index (κ2) is 8.60. The second-order valence-electron chi connectivity index (χ2n) is 8.83. The molecular weight excluding hydrogens is 413 g/mol. The summed E-state index contributed by atoms with van der Waals surface area (Å²) >= 11 is 0. The van der Waals surface area contributed by atoms with Gasteiger partial charge in [-0.05, 0) is 36.5 Å². The molecule has 166 valence electrons. The quantitative estimate of drug-likeness (QED) is 0.661. The first-order chi connectivity index (χ1) is 14.7. The average molecular weight is 443 g/mol. The number of fused-ring (bicyclic) bond motifs is 1. The molecule has 0 bridgehead atoms. The maximum absolute atomic E-state index is 12.4. The number of hydrogen-bond acceptors (Lipinski definition) is 7. The summed E-state index contributed by atoms with van der Waals surface area (Å²) in [6.45, 7) is 7.14. The van der Waals surface area contributed by atoms with Crippen LogP contribution in [0.15, 0.2) is 30.5 Å². The van der Waals surface area contributed by atoms with Crippen LogP contribution < -0.4 is 15.1 Å². The van der Waals surface area contributed by atoms with Crippen LogP contribution in [0.2, 0.25) is 0 Å². The van der Waals surface area contributed by atoms with E-state index in [2.05, 4.69) is 24.1 Å². The van der Waals surface area contributed by atoms with E-state index in [4.69, 9.17) is 9.51 Å². The average Bonchev–Trinajstić information content (AvgIpc) is 3.10. The van der Waals surface area contributed by atoms with Crippen LogP contribution in [-0.2, 0) is 13.9 Å². The van der Waals surface area contributed by atoms with Crippen LogP contribution in [0.25, 0.3) is 0 Å². The molecule has 8 nitrogen and oxygen atoms in total. The Labute approximate surface area is 183 Å². The van der Waals surface area contributed by atoms with Crippen LogP contribution in [0.3, 0.4) is 0 Å². The minimum Gasteiger partial charge on any atom is -0.345 e. The lowest BCUT2D eigenvalue weighted by Crippen LogP contribution is -2.45. The van der Waals surface area contributed by atoms with Gasteiger partial charge in [0.25, 0.3) is 0 Å². The maximum Gasteiger partial charge on any atom is 0.246 e. The number of anilines is 4. The van der Waals surface area contributed by atoms with Gasteiger partial charge in [-0.15, -0.1) is 0 Å². The Morgan fingerprint density at radius 3 is 2.68 bits per heavy atom. The first-order valence-corrected chi connectivity index (χ1v) is 13.0. The minimum atomic E-state index is -2.44. The van der Waals surface area contributed by atoms with E-state index in [0.717, 1.165) is 42.1 Å². The van der Waals surface area contributed by atoms with Crippen LogP contribution in [-0.4, -0.2) is 48.8 Å². The Hall–Kier alpha value is -2.44. The zero-order valence-corrected chi connectivity index (χ0v) is 19.4. The number of carbonyl (C=O) groups is 1. The summed E-state index contributed by atoms with van der Waals surface area (Å²) < 4.78 is 17.8. The van der Waals surface area contributed by atoms with Gasteiger partial charge in [-0.25, -0.2) is 4.98 Å². The highest BCUT2D eigenvalue weighted by molar-refractivity contribution is 7.58. The van der Waals surface area contributed by atoms with Crippen molar-refractivity contribution < 1.29 is 13.9 Å². The second-order valence-corrected chi connectivity index (χ2v) is 11.5. The molecule has 31 heavy (non-hydrogen) atoms. The van der Waals surface area contributed by atoms with Gasteiger partial charge in [-0.1, -0.05) is 26.0 Å². The number of benzene rings is 1. The summed E-state index contributed by atoms with van der Waals surface area (Å²) in [4.78, 5) is 25.1. The van der Waals surface area contributed by atoms with E-state index in [1.165, 1.54) is 0 Å². The molecule has 1 N–H and O–H groups in total. The highest BCUT2D eigenvalue weighted by Crippen LogP contribution is 2.55. The molecule has 0 spiro atoms. The SMILES string of the molecule is CC(C)CCN1CC(=O)N(C)c2cnc(Nc3ccc(C4CCP(C)(=O)O4)cc3)nc21. The van der Waals surface area contributed by atoms with Gasteiger partial charge in [-0.2, -0.15) is 4.98 Å². The molecule has 2 aromatic rings. The molecule has 2 atom stereocenters. The molecular formula is C22H30N5O3P. The molecule has 1 fully saturated rings. The summed E-state index contributed by atoms with van der Waals surface area (Å²) in [7, 11) is -0.678. The first kappa shape index (κ1) is 21.8. The van der Waals surface area contributed by atoms with E-state index < -0.39 is 7.37 Å². The largest absolute Gasteiger partial charge is 0.345 e. The number of nitrogens with one attached hydrogen (secondary N) is 1. The minimum absolute atomic E-state index is 0.0434. The fraction of sp³-hybridized carbons (Fsp3) is 0.500. The molecule has 0 aliphatic carbocycles. The van der Waals surface area contributed by atoms with Gasteiger partial charge in [0.2, 0.25) is 19.2 Å². The van der Waals surface area contributed by atoms with Gasteiger partial charge < -0.3 is 19.6 Å². The predicted octanol–water partition coefficient (Wildman–Crippen LogP) is 4.42. The fourth-order valence-electron chi connectivity index (χ4n) is 3.84. The zero-order chi connectivity index (χ0) is 22.2. The standard InChI is InChI=1S/C22H30N5O3P/c1-15(2)9-11-27-14-20(28)26(3)18-13-23-22(25-21(18)27)24-17-7-5-16(6-8-17)19-10-12-31(4,29)30-19/h5-8,13,15,19H,9-12,14H2,1-4H3,(H,23,24,25). The van der Waals surface area contributed by atoms with Crippen molar-refractivity contribution in [2.24, 2.45) is 5.92 Å². The van der Waals surface area contributed by atoms with Crippen molar-refractivity contribution in [1.29, 1.82) is 0 Å². The summed E-state index contributed by atoms with van der Waals surface area (Å²) in [5.41, 5.74) is 2.61. The topological polar surface area (TPSA) is 87.7 Å². The van der Waals surface area contributed by atoms with Gasteiger partial charge in [0.05, 0.1) is 18.8 Å². The summed E-state index contributed by atoms with van der Waals surface area (Å²) in [6, 6.07) is 7.87. The summed E-state index contributed by atoms with van der Waals surface area (Å²) in [6.07, 6.45) is 3.99. The number of carbonyl (C=O) groups excluding carboxylic acids is 1. The fourth-order valence-corrected chi connectivity index (χ4v) is 5.41. The Bertz CT molecular complexity index is 1010. The van der Waals surface area contributed by atoms with Crippen LogP contribution in [0, 0.1) is 5.92 Å². The molecule has 2 aliphatic heterocycles. The molecule has 0 saturated carbocycles. The van der Waals surface area contributed by atoms with E-state index in [1.54, 1.807) is 24.8 Å². The Balaban J connectivity index is 1.51. The van der Waals surface area contributed by atoms with Gasteiger partial charge in [0.15, 0.2) is 5.82 Å². The van der Waals surface area contributed by atoms with E-state index in [1.807, 2.05) is 29.2 Å². The van der Waals surface area contributed by atoms with Crippen molar-refractivity contribution in [3.05, 3.63) is 36.0 Å². The van der Waals surface area contributed by atoms with E-state index in [-0.39, 0.29) is 12.0 Å². The van der Waals surface area contributed by atoms with Gasteiger partial charge in [0.1, 0.15) is 5.69 Å². The molecule has 2 aliphatic rings.